The maximum Gasteiger partial charge on any atom is 0.255 e. The zero-order chi connectivity index (χ0) is 19.3. The number of hydrogen-bond acceptors (Lipinski definition) is 2. The van der Waals surface area contributed by atoms with Crippen molar-refractivity contribution >= 4 is 23.2 Å². The molecular weight excluding hydrogens is 324 g/mol. The number of anilines is 2. The lowest BCUT2D eigenvalue weighted by Gasteiger charge is -2.19. The van der Waals surface area contributed by atoms with E-state index in [1.165, 1.54) is 5.56 Å². The first-order valence-electron chi connectivity index (χ1n) is 8.97. The van der Waals surface area contributed by atoms with Crippen LogP contribution in [0.5, 0.6) is 0 Å². The average molecular weight is 352 g/mol. The van der Waals surface area contributed by atoms with Crippen LogP contribution < -0.4 is 10.6 Å². The molecule has 4 nitrogen and oxygen atoms in total. The second kappa shape index (κ2) is 8.17. The fourth-order valence-electron chi connectivity index (χ4n) is 2.59. The number of hydrogen-bond donors (Lipinski definition) is 2. The van der Waals surface area contributed by atoms with Crippen LogP contribution in [0.3, 0.4) is 0 Å². The van der Waals surface area contributed by atoms with E-state index in [-0.39, 0.29) is 23.1 Å². The van der Waals surface area contributed by atoms with E-state index in [0.717, 1.165) is 0 Å². The molecule has 0 heterocycles. The van der Waals surface area contributed by atoms with Crippen molar-refractivity contribution < 1.29 is 9.59 Å². The van der Waals surface area contributed by atoms with Crippen molar-refractivity contribution in [1.82, 2.24) is 0 Å². The van der Waals surface area contributed by atoms with Crippen molar-refractivity contribution in [1.29, 1.82) is 0 Å². The van der Waals surface area contributed by atoms with Crippen molar-refractivity contribution in [2.75, 3.05) is 10.6 Å². The van der Waals surface area contributed by atoms with Gasteiger partial charge in [-0.3, -0.25) is 9.59 Å². The minimum Gasteiger partial charge on any atom is -0.324 e. The molecule has 0 saturated carbocycles. The first-order chi connectivity index (χ1) is 12.2. The second-order valence-electron chi connectivity index (χ2n) is 7.97. The molecule has 0 atom stereocenters. The first kappa shape index (κ1) is 19.7. The van der Waals surface area contributed by atoms with Crippen LogP contribution in [0.4, 0.5) is 11.4 Å². The molecule has 0 fully saturated rings. The maximum absolute atomic E-state index is 12.6. The Labute approximate surface area is 156 Å². The monoisotopic (exact) mass is 352 g/mol. The number of benzene rings is 2. The molecule has 0 aliphatic rings. The largest absolute Gasteiger partial charge is 0.324 e. The molecule has 26 heavy (non-hydrogen) atoms. The van der Waals surface area contributed by atoms with Crippen molar-refractivity contribution in [3.8, 4) is 0 Å². The number of amides is 2. The molecule has 4 heteroatoms. The third-order valence-electron chi connectivity index (χ3n) is 4.06. The van der Waals surface area contributed by atoms with Gasteiger partial charge in [-0.2, -0.15) is 0 Å². The van der Waals surface area contributed by atoms with Crippen LogP contribution in [0.15, 0.2) is 48.5 Å². The van der Waals surface area contributed by atoms with E-state index in [9.17, 15) is 9.59 Å². The lowest BCUT2D eigenvalue weighted by molar-refractivity contribution is -0.116. The standard InChI is InChI=1S/C22H28N2O2/c1-15(2)14-20(25)23-18-8-6-7-9-19(18)24-21(26)16-10-12-17(13-11-16)22(3,4)5/h6-13,15H,14H2,1-5H3,(H,23,25)(H,24,26). The van der Waals surface area contributed by atoms with Gasteiger partial charge in [0.15, 0.2) is 0 Å². The fourth-order valence-corrected chi connectivity index (χ4v) is 2.59. The lowest BCUT2D eigenvalue weighted by atomic mass is 9.87. The van der Waals surface area contributed by atoms with E-state index < -0.39 is 0 Å². The molecule has 0 unspecified atom stereocenters. The summed E-state index contributed by atoms with van der Waals surface area (Å²) in [6.07, 6.45) is 0.441. The zero-order valence-electron chi connectivity index (χ0n) is 16.2. The molecule has 0 spiro atoms. The lowest BCUT2D eigenvalue weighted by Crippen LogP contribution is -2.18. The quantitative estimate of drug-likeness (QED) is 0.775. The van der Waals surface area contributed by atoms with Crippen LogP contribution in [0, 0.1) is 5.92 Å². The summed E-state index contributed by atoms with van der Waals surface area (Å²) in [5, 5.41) is 5.76. The Hall–Kier alpha value is -2.62. The Morgan fingerprint density at radius 3 is 1.92 bits per heavy atom. The van der Waals surface area contributed by atoms with Gasteiger partial charge in [0.25, 0.3) is 5.91 Å². The van der Waals surface area contributed by atoms with Crippen LogP contribution >= 0.6 is 0 Å². The summed E-state index contributed by atoms with van der Waals surface area (Å²) in [5.41, 5.74) is 3.01. The van der Waals surface area contributed by atoms with E-state index in [4.69, 9.17) is 0 Å². The highest BCUT2D eigenvalue weighted by Gasteiger charge is 2.15. The molecule has 0 aromatic heterocycles. The molecule has 2 amide bonds. The van der Waals surface area contributed by atoms with Gasteiger partial charge in [0, 0.05) is 12.0 Å². The van der Waals surface area contributed by atoms with Gasteiger partial charge < -0.3 is 10.6 Å². The Bertz CT molecular complexity index is 771. The van der Waals surface area contributed by atoms with E-state index >= 15 is 0 Å². The minimum atomic E-state index is -0.198. The van der Waals surface area contributed by atoms with E-state index in [2.05, 4.69) is 31.4 Å². The topological polar surface area (TPSA) is 58.2 Å². The van der Waals surface area contributed by atoms with Gasteiger partial charge in [-0.1, -0.05) is 58.9 Å². The highest BCUT2D eigenvalue weighted by Crippen LogP contribution is 2.24. The van der Waals surface area contributed by atoms with E-state index in [1.807, 2.05) is 50.2 Å². The summed E-state index contributed by atoms with van der Waals surface area (Å²) in [6, 6.07) is 14.8. The molecule has 138 valence electrons. The van der Waals surface area contributed by atoms with E-state index in [0.29, 0.717) is 23.4 Å². The van der Waals surface area contributed by atoms with E-state index in [1.54, 1.807) is 12.1 Å². The average Bonchev–Trinajstić information content (AvgIpc) is 2.55. The molecule has 0 aliphatic heterocycles. The number of rotatable bonds is 5. The molecule has 2 rings (SSSR count). The first-order valence-corrected chi connectivity index (χ1v) is 8.97. The third-order valence-corrected chi connectivity index (χ3v) is 4.06. The molecule has 2 N–H and O–H groups in total. The fraction of sp³-hybridized carbons (Fsp3) is 0.364. The molecular formula is C22H28N2O2. The van der Waals surface area contributed by atoms with Gasteiger partial charge >= 0.3 is 0 Å². The van der Waals surface area contributed by atoms with Gasteiger partial charge in [-0.25, -0.2) is 0 Å². The van der Waals surface area contributed by atoms with Gasteiger partial charge in [0.1, 0.15) is 0 Å². The molecule has 0 saturated heterocycles. The van der Waals surface area contributed by atoms with Gasteiger partial charge in [0.05, 0.1) is 11.4 Å². The summed E-state index contributed by atoms with van der Waals surface area (Å²) in [5.74, 6) is 0.0188. The number of para-hydroxylation sites is 2. The Morgan fingerprint density at radius 1 is 0.885 bits per heavy atom. The summed E-state index contributed by atoms with van der Waals surface area (Å²) >= 11 is 0. The predicted molar refractivity (Wildman–Crippen MR) is 108 cm³/mol. The molecule has 0 bridgehead atoms. The van der Waals surface area contributed by atoms with Gasteiger partial charge in [-0.15, -0.1) is 0 Å². The Morgan fingerprint density at radius 2 is 1.42 bits per heavy atom. The minimum absolute atomic E-state index is 0.0440. The summed E-state index contributed by atoms with van der Waals surface area (Å²) in [4.78, 5) is 24.6. The van der Waals surface area contributed by atoms with Crippen molar-refractivity contribution in [2.45, 2.75) is 46.5 Å². The van der Waals surface area contributed by atoms with Crippen molar-refractivity contribution in [3.63, 3.8) is 0 Å². The summed E-state index contributed by atoms with van der Waals surface area (Å²) < 4.78 is 0. The molecule has 2 aromatic rings. The van der Waals surface area contributed by atoms with Gasteiger partial charge in [0.2, 0.25) is 5.91 Å². The van der Waals surface area contributed by atoms with Crippen molar-refractivity contribution in [2.24, 2.45) is 5.92 Å². The highest BCUT2D eigenvalue weighted by atomic mass is 16.2. The highest BCUT2D eigenvalue weighted by molar-refractivity contribution is 6.07. The maximum atomic E-state index is 12.6. The summed E-state index contributed by atoms with van der Waals surface area (Å²) in [7, 11) is 0. The predicted octanol–water partition coefficient (Wildman–Crippen LogP) is 5.22. The Kier molecular flexibility index (Phi) is 6.19. The summed E-state index contributed by atoms with van der Waals surface area (Å²) in [6.45, 7) is 10.4. The van der Waals surface area contributed by atoms with Crippen LogP contribution in [0.25, 0.3) is 0 Å². The van der Waals surface area contributed by atoms with Crippen molar-refractivity contribution in [3.05, 3.63) is 59.7 Å². The van der Waals surface area contributed by atoms with Crippen LogP contribution in [-0.4, -0.2) is 11.8 Å². The van der Waals surface area contributed by atoms with Crippen LogP contribution in [-0.2, 0) is 10.2 Å². The van der Waals surface area contributed by atoms with Crippen LogP contribution in [0.1, 0.15) is 57.0 Å². The second-order valence-corrected chi connectivity index (χ2v) is 7.97. The molecule has 0 aliphatic carbocycles. The smallest absolute Gasteiger partial charge is 0.255 e. The number of carbonyl (C=O) groups is 2. The SMILES string of the molecule is CC(C)CC(=O)Nc1ccccc1NC(=O)c1ccc(C(C)(C)C)cc1. The number of nitrogens with one attached hydrogen (secondary N) is 2. The third kappa shape index (κ3) is 5.45. The van der Waals surface area contributed by atoms with Crippen LogP contribution in [0.2, 0.25) is 0 Å². The number of carbonyl (C=O) groups excluding carboxylic acids is 2. The Balaban J connectivity index is 2.13. The normalized spacial score (nSPS) is 11.3. The zero-order valence-corrected chi connectivity index (χ0v) is 16.2. The van der Waals surface area contributed by atoms with Gasteiger partial charge in [-0.05, 0) is 41.2 Å². The molecule has 0 radical (unpaired) electrons. The molecule has 2 aromatic carbocycles.